The number of nitrogens with one attached hydrogen (secondary N) is 1. The summed E-state index contributed by atoms with van der Waals surface area (Å²) in [5.41, 5.74) is 1.38. The van der Waals surface area contributed by atoms with Crippen LogP contribution in [0.1, 0.15) is 31.4 Å². The van der Waals surface area contributed by atoms with Crippen LogP contribution in [0.2, 0.25) is 0 Å². The SMILES string of the molecule is COc1ccc(OC)c(C(C)NS(=O)(=O)c2ccc(N3CCCC3=O)cc2)c1. The first-order chi connectivity index (χ1) is 13.4. The number of methoxy groups -OCH3 is 2. The van der Waals surface area contributed by atoms with Gasteiger partial charge < -0.3 is 14.4 Å². The molecule has 0 radical (unpaired) electrons. The largest absolute Gasteiger partial charge is 0.497 e. The van der Waals surface area contributed by atoms with E-state index in [2.05, 4.69) is 4.72 Å². The number of carbonyl (C=O) groups excluding carboxylic acids is 1. The van der Waals surface area contributed by atoms with Crippen molar-refractivity contribution >= 4 is 21.6 Å². The van der Waals surface area contributed by atoms with Crippen molar-refractivity contribution in [3.8, 4) is 11.5 Å². The summed E-state index contributed by atoms with van der Waals surface area (Å²) in [4.78, 5) is 13.7. The quantitative estimate of drug-likeness (QED) is 0.767. The number of hydrogen-bond acceptors (Lipinski definition) is 5. The van der Waals surface area contributed by atoms with E-state index in [1.807, 2.05) is 0 Å². The monoisotopic (exact) mass is 404 g/mol. The molecule has 1 unspecified atom stereocenters. The molecule has 2 aromatic carbocycles. The van der Waals surface area contributed by atoms with Crippen molar-refractivity contribution in [3.05, 3.63) is 48.0 Å². The molecule has 8 heteroatoms. The molecule has 0 aliphatic carbocycles. The predicted molar refractivity (Wildman–Crippen MR) is 106 cm³/mol. The minimum Gasteiger partial charge on any atom is -0.497 e. The second-order valence-electron chi connectivity index (χ2n) is 6.59. The number of hydrogen-bond donors (Lipinski definition) is 1. The summed E-state index contributed by atoms with van der Waals surface area (Å²) in [5.74, 6) is 1.24. The Morgan fingerprint density at radius 1 is 1.07 bits per heavy atom. The second kappa shape index (κ2) is 8.20. The van der Waals surface area contributed by atoms with Crippen molar-refractivity contribution < 1.29 is 22.7 Å². The van der Waals surface area contributed by atoms with Gasteiger partial charge in [-0.05, 0) is 55.8 Å². The Labute approximate surface area is 165 Å². The van der Waals surface area contributed by atoms with Crippen LogP contribution in [-0.4, -0.2) is 35.1 Å². The maximum Gasteiger partial charge on any atom is 0.241 e. The minimum atomic E-state index is -3.76. The smallest absolute Gasteiger partial charge is 0.241 e. The first-order valence-electron chi connectivity index (χ1n) is 9.00. The summed E-state index contributed by atoms with van der Waals surface area (Å²) < 4.78 is 38.8. The van der Waals surface area contributed by atoms with Gasteiger partial charge in [-0.1, -0.05) is 0 Å². The van der Waals surface area contributed by atoms with Crippen LogP contribution in [0, 0.1) is 0 Å². The normalized spacial score (nSPS) is 15.5. The molecule has 1 heterocycles. The van der Waals surface area contributed by atoms with Crippen LogP contribution in [0.4, 0.5) is 5.69 Å². The standard InChI is InChI=1S/C20H24N2O5S/c1-14(18-13-16(26-2)8-11-19(18)27-3)21-28(24,25)17-9-6-15(7-10-17)22-12-4-5-20(22)23/h6-11,13-14,21H,4-5,12H2,1-3H3. The van der Waals surface area contributed by atoms with Gasteiger partial charge in [0, 0.05) is 30.3 Å². The molecule has 1 saturated heterocycles. The van der Waals surface area contributed by atoms with Crippen molar-refractivity contribution in [3.63, 3.8) is 0 Å². The van der Waals surface area contributed by atoms with Gasteiger partial charge in [-0.2, -0.15) is 0 Å². The van der Waals surface area contributed by atoms with Crippen LogP contribution in [0.15, 0.2) is 47.4 Å². The van der Waals surface area contributed by atoms with Gasteiger partial charge in [0.05, 0.1) is 19.1 Å². The van der Waals surface area contributed by atoms with Gasteiger partial charge in [0.1, 0.15) is 11.5 Å². The lowest BCUT2D eigenvalue weighted by atomic mass is 10.1. The summed E-state index contributed by atoms with van der Waals surface area (Å²) in [6, 6.07) is 11.0. The van der Waals surface area contributed by atoms with E-state index in [0.29, 0.717) is 35.7 Å². The summed E-state index contributed by atoms with van der Waals surface area (Å²) in [7, 11) is -0.674. The van der Waals surface area contributed by atoms with E-state index in [1.54, 1.807) is 49.3 Å². The zero-order valence-corrected chi connectivity index (χ0v) is 17.0. The number of rotatable bonds is 7. The number of sulfonamides is 1. The maximum absolute atomic E-state index is 12.8. The lowest BCUT2D eigenvalue weighted by Gasteiger charge is -2.19. The van der Waals surface area contributed by atoms with Gasteiger partial charge >= 0.3 is 0 Å². The third kappa shape index (κ3) is 4.13. The topological polar surface area (TPSA) is 84.9 Å². The van der Waals surface area contributed by atoms with E-state index >= 15 is 0 Å². The fourth-order valence-electron chi connectivity index (χ4n) is 3.27. The third-order valence-corrected chi connectivity index (χ3v) is 6.32. The van der Waals surface area contributed by atoms with Crippen LogP contribution in [0.5, 0.6) is 11.5 Å². The highest BCUT2D eigenvalue weighted by Gasteiger charge is 2.24. The molecule has 0 saturated carbocycles. The molecule has 3 rings (SSSR count). The average Bonchev–Trinajstić information content (AvgIpc) is 3.13. The molecule has 1 atom stereocenters. The Hall–Kier alpha value is -2.58. The lowest BCUT2D eigenvalue weighted by Crippen LogP contribution is -2.27. The Morgan fingerprint density at radius 2 is 1.79 bits per heavy atom. The predicted octanol–water partition coefficient (Wildman–Crippen LogP) is 2.87. The van der Waals surface area contributed by atoms with E-state index < -0.39 is 16.1 Å². The molecule has 0 bridgehead atoms. The number of benzene rings is 2. The number of carbonyl (C=O) groups is 1. The van der Waals surface area contributed by atoms with Gasteiger partial charge in [0.25, 0.3) is 0 Å². The zero-order chi connectivity index (χ0) is 20.3. The second-order valence-corrected chi connectivity index (χ2v) is 8.31. The Kier molecular flexibility index (Phi) is 5.90. The van der Waals surface area contributed by atoms with Crippen LogP contribution >= 0.6 is 0 Å². The number of amides is 1. The Morgan fingerprint density at radius 3 is 2.36 bits per heavy atom. The molecule has 28 heavy (non-hydrogen) atoms. The van der Waals surface area contributed by atoms with E-state index in [1.165, 1.54) is 19.2 Å². The third-order valence-electron chi connectivity index (χ3n) is 4.77. The van der Waals surface area contributed by atoms with Crippen molar-refractivity contribution in [2.75, 3.05) is 25.7 Å². The van der Waals surface area contributed by atoms with Crippen molar-refractivity contribution in [1.29, 1.82) is 0 Å². The molecular formula is C20H24N2O5S. The first kappa shape index (κ1) is 20.2. The summed E-state index contributed by atoms with van der Waals surface area (Å²) in [6.45, 7) is 2.40. The van der Waals surface area contributed by atoms with E-state index in [4.69, 9.17) is 9.47 Å². The average molecular weight is 404 g/mol. The van der Waals surface area contributed by atoms with E-state index in [-0.39, 0.29) is 10.8 Å². The van der Waals surface area contributed by atoms with Crippen molar-refractivity contribution in [2.24, 2.45) is 0 Å². The van der Waals surface area contributed by atoms with Crippen LogP contribution in [-0.2, 0) is 14.8 Å². The molecule has 1 amide bonds. The summed E-state index contributed by atoms with van der Waals surface area (Å²) in [6.07, 6.45) is 1.35. The molecular weight excluding hydrogens is 380 g/mol. The minimum absolute atomic E-state index is 0.0625. The molecule has 1 aliphatic rings. The molecule has 7 nitrogen and oxygen atoms in total. The highest BCUT2D eigenvalue weighted by Crippen LogP contribution is 2.30. The van der Waals surface area contributed by atoms with Gasteiger partial charge in [-0.3, -0.25) is 4.79 Å². The molecule has 0 spiro atoms. The zero-order valence-electron chi connectivity index (χ0n) is 16.1. The van der Waals surface area contributed by atoms with Gasteiger partial charge in [-0.25, -0.2) is 13.1 Å². The van der Waals surface area contributed by atoms with Gasteiger partial charge in [0.15, 0.2) is 0 Å². The van der Waals surface area contributed by atoms with Crippen LogP contribution in [0.3, 0.4) is 0 Å². The molecule has 1 fully saturated rings. The van der Waals surface area contributed by atoms with Gasteiger partial charge in [-0.15, -0.1) is 0 Å². The molecule has 2 aromatic rings. The van der Waals surface area contributed by atoms with Crippen LogP contribution in [0.25, 0.3) is 0 Å². The van der Waals surface area contributed by atoms with E-state index in [0.717, 1.165) is 6.42 Å². The van der Waals surface area contributed by atoms with Crippen molar-refractivity contribution in [2.45, 2.75) is 30.7 Å². The number of nitrogens with zero attached hydrogens (tertiary/aromatic N) is 1. The highest BCUT2D eigenvalue weighted by molar-refractivity contribution is 7.89. The Balaban J connectivity index is 1.81. The lowest BCUT2D eigenvalue weighted by molar-refractivity contribution is -0.117. The molecule has 0 aromatic heterocycles. The fraction of sp³-hybridized carbons (Fsp3) is 0.350. The van der Waals surface area contributed by atoms with Crippen molar-refractivity contribution in [1.82, 2.24) is 4.72 Å². The highest BCUT2D eigenvalue weighted by atomic mass is 32.2. The first-order valence-corrected chi connectivity index (χ1v) is 10.5. The molecule has 1 N–H and O–H groups in total. The number of ether oxygens (including phenoxy) is 2. The maximum atomic E-state index is 12.8. The molecule has 1 aliphatic heterocycles. The van der Waals surface area contributed by atoms with Crippen LogP contribution < -0.4 is 19.1 Å². The van der Waals surface area contributed by atoms with Gasteiger partial charge in [0.2, 0.25) is 15.9 Å². The van der Waals surface area contributed by atoms with E-state index in [9.17, 15) is 13.2 Å². The Bertz CT molecular complexity index is 957. The summed E-state index contributed by atoms with van der Waals surface area (Å²) in [5, 5.41) is 0. The fourth-order valence-corrected chi connectivity index (χ4v) is 4.49. The summed E-state index contributed by atoms with van der Waals surface area (Å²) >= 11 is 0. The molecule has 150 valence electrons. The number of anilines is 1.